The lowest BCUT2D eigenvalue weighted by Crippen LogP contribution is -2.43. The maximum atomic E-state index is 10.3. The Morgan fingerprint density at radius 3 is 2.94 bits per heavy atom. The van der Waals surface area contributed by atoms with E-state index >= 15 is 0 Å². The van der Waals surface area contributed by atoms with Gasteiger partial charge in [-0.1, -0.05) is 0 Å². The molecule has 0 amide bonds. The molecule has 2 rings (SSSR count). The number of anilines is 3. The summed E-state index contributed by atoms with van der Waals surface area (Å²) in [5.41, 5.74) is 10.1. The van der Waals surface area contributed by atoms with E-state index in [0.717, 1.165) is 0 Å². The Balaban J connectivity index is 2.02. The number of nitrogens with zero attached hydrogens (tertiary/aromatic N) is 2. The van der Waals surface area contributed by atoms with Crippen LogP contribution in [0.4, 0.5) is 17.6 Å². The standard InChI is InChI=1S/C10H17N5O2/c1-6-10(16,2-3-17-6)5-13-8-4-7(11)14-9(12)15-8/h4,6,16H,2-3,5H2,1H3,(H5,11,12,13,14,15). The summed E-state index contributed by atoms with van der Waals surface area (Å²) < 4.78 is 5.33. The van der Waals surface area contributed by atoms with Gasteiger partial charge in [0.15, 0.2) is 0 Å². The molecule has 94 valence electrons. The van der Waals surface area contributed by atoms with Gasteiger partial charge in [0.25, 0.3) is 0 Å². The van der Waals surface area contributed by atoms with E-state index in [0.29, 0.717) is 31.2 Å². The lowest BCUT2D eigenvalue weighted by Gasteiger charge is -2.26. The highest BCUT2D eigenvalue weighted by Crippen LogP contribution is 2.26. The molecular weight excluding hydrogens is 222 g/mol. The van der Waals surface area contributed by atoms with Gasteiger partial charge in [0.05, 0.1) is 6.10 Å². The van der Waals surface area contributed by atoms with Crippen LogP contribution in [0.1, 0.15) is 13.3 Å². The molecule has 0 aromatic carbocycles. The van der Waals surface area contributed by atoms with E-state index in [1.54, 1.807) is 6.07 Å². The van der Waals surface area contributed by atoms with Gasteiger partial charge >= 0.3 is 0 Å². The number of nitrogens with two attached hydrogens (primary N) is 2. The normalized spacial score (nSPS) is 28.2. The number of rotatable bonds is 3. The monoisotopic (exact) mass is 239 g/mol. The summed E-state index contributed by atoms with van der Waals surface area (Å²) in [7, 11) is 0. The first-order valence-electron chi connectivity index (χ1n) is 5.47. The van der Waals surface area contributed by atoms with E-state index in [2.05, 4.69) is 15.3 Å². The lowest BCUT2D eigenvalue weighted by molar-refractivity contribution is -0.0176. The smallest absolute Gasteiger partial charge is 0.223 e. The first-order chi connectivity index (χ1) is 7.99. The van der Waals surface area contributed by atoms with Crippen molar-refractivity contribution >= 4 is 17.6 Å². The molecule has 1 fully saturated rings. The number of hydrogen-bond donors (Lipinski definition) is 4. The first-order valence-corrected chi connectivity index (χ1v) is 5.47. The van der Waals surface area contributed by atoms with Crippen LogP contribution >= 0.6 is 0 Å². The van der Waals surface area contributed by atoms with E-state index in [9.17, 15) is 5.11 Å². The Kier molecular flexibility index (Phi) is 3.03. The second-order valence-electron chi connectivity index (χ2n) is 4.26. The van der Waals surface area contributed by atoms with E-state index in [1.165, 1.54) is 0 Å². The molecule has 1 aromatic rings. The van der Waals surface area contributed by atoms with Crippen LogP contribution in [-0.4, -0.2) is 39.9 Å². The average molecular weight is 239 g/mol. The van der Waals surface area contributed by atoms with Gasteiger partial charge in [-0.05, 0) is 6.92 Å². The van der Waals surface area contributed by atoms with Crippen LogP contribution in [0.5, 0.6) is 0 Å². The molecule has 1 saturated heterocycles. The number of nitrogen functional groups attached to an aromatic ring is 2. The van der Waals surface area contributed by atoms with Crippen LogP contribution < -0.4 is 16.8 Å². The fraction of sp³-hybridized carbons (Fsp3) is 0.600. The maximum absolute atomic E-state index is 10.3. The van der Waals surface area contributed by atoms with Gasteiger partial charge in [-0.15, -0.1) is 0 Å². The van der Waals surface area contributed by atoms with E-state index in [-0.39, 0.29) is 12.1 Å². The third kappa shape index (κ3) is 2.56. The highest BCUT2D eigenvalue weighted by Gasteiger charge is 2.39. The van der Waals surface area contributed by atoms with E-state index in [1.807, 2.05) is 6.92 Å². The van der Waals surface area contributed by atoms with Crippen molar-refractivity contribution in [2.45, 2.75) is 25.0 Å². The summed E-state index contributed by atoms with van der Waals surface area (Å²) in [5.74, 6) is 0.903. The van der Waals surface area contributed by atoms with E-state index < -0.39 is 5.60 Å². The van der Waals surface area contributed by atoms with Gasteiger partial charge in [-0.25, -0.2) is 0 Å². The van der Waals surface area contributed by atoms with Crippen molar-refractivity contribution in [2.24, 2.45) is 0 Å². The molecule has 1 aliphatic heterocycles. The van der Waals surface area contributed by atoms with Crippen LogP contribution in [0.2, 0.25) is 0 Å². The zero-order chi connectivity index (χ0) is 12.5. The van der Waals surface area contributed by atoms with Gasteiger partial charge in [-0.3, -0.25) is 0 Å². The predicted octanol–water partition coefficient (Wildman–Crippen LogP) is -0.407. The van der Waals surface area contributed by atoms with Gasteiger partial charge in [0.1, 0.15) is 17.2 Å². The zero-order valence-corrected chi connectivity index (χ0v) is 9.68. The molecule has 17 heavy (non-hydrogen) atoms. The fourth-order valence-electron chi connectivity index (χ4n) is 1.82. The molecule has 0 bridgehead atoms. The molecule has 7 heteroatoms. The number of aromatic nitrogens is 2. The number of nitrogens with one attached hydrogen (secondary N) is 1. The maximum Gasteiger partial charge on any atom is 0.223 e. The largest absolute Gasteiger partial charge is 0.385 e. The third-order valence-corrected chi connectivity index (χ3v) is 3.00. The van der Waals surface area contributed by atoms with Crippen LogP contribution in [0.25, 0.3) is 0 Å². The molecule has 0 spiro atoms. The SMILES string of the molecule is CC1OCCC1(O)CNc1cc(N)nc(N)n1. The Morgan fingerprint density at radius 2 is 2.35 bits per heavy atom. The quantitative estimate of drug-likeness (QED) is 0.566. The van der Waals surface area contributed by atoms with E-state index in [4.69, 9.17) is 16.2 Å². The van der Waals surface area contributed by atoms with Crippen molar-refractivity contribution < 1.29 is 9.84 Å². The first kappa shape index (κ1) is 11.9. The Hall–Kier alpha value is -1.60. The zero-order valence-electron chi connectivity index (χ0n) is 9.68. The fourth-order valence-corrected chi connectivity index (χ4v) is 1.82. The second kappa shape index (κ2) is 4.34. The molecule has 0 radical (unpaired) electrons. The lowest BCUT2D eigenvalue weighted by atomic mass is 9.97. The second-order valence-corrected chi connectivity index (χ2v) is 4.26. The average Bonchev–Trinajstić information content (AvgIpc) is 2.56. The van der Waals surface area contributed by atoms with Crippen molar-refractivity contribution in [1.82, 2.24) is 9.97 Å². The van der Waals surface area contributed by atoms with Gasteiger partial charge in [0, 0.05) is 25.6 Å². The van der Waals surface area contributed by atoms with Crippen molar-refractivity contribution in [1.29, 1.82) is 0 Å². The minimum atomic E-state index is -0.880. The molecule has 2 unspecified atom stereocenters. The third-order valence-electron chi connectivity index (χ3n) is 3.00. The molecule has 1 aromatic heterocycles. The summed E-state index contributed by atoms with van der Waals surface area (Å²) in [6, 6.07) is 1.57. The highest BCUT2D eigenvalue weighted by atomic mass is 16.5. The summed E-state index contributed by atoms with van der Waals surface area (Å²) in [5, 5.41) is 13.3. The number of ether oxygens (including phenoxy) is 1. The topological polar surface area (TPSA) is 119 Å². The summed E-state index contributed by atoms with van der Waals surface area (Å²) in [4.78, 5) is 7.74. The summed E-state index contributed by atoms with van der Waals surface area (Å²) in [6.45, 7) is 2.74. The molecule has 6 N–H and O–H groups in total. The molecule has 2 atom stereocenters. The van der Waals surface area contributed by atoms with Crippen molar-refractivity contribution in [3.05, 3.63) is 6.07 Å². The van der Waals surface area contributed by atoms with Crippen LogP contribution in [-0.2, 0) is 4.74 Å². The van der Waals surface area contributed by atoms with Gasteiger partial charge in [0.2, 0.25) is 5.95 Å². The minimum absolute atomic E-state index is 0.107. The number of aliphatic hydroxyl groups is 1. The minimum Gasteiger partial charge on any atom is -0.385 e. The van der Waals surface area contributed by atoms with Crippen LogP contribution in [0.3, 0.4) is 0 Å². The number of hydrogen-bond acceptors (Lipinski definition) is 7. The molecule has 2 heterocycles. The van der Waals surface area contributed by atoms with Gasteiger partial charge in [-0.2, -0.15) is 9.97 Å². The molecule has 7 nitrogen and oxygen atoms in total. The highest BCUT2D eigenvalue weighted by molar-refractivity contribution is 5.48. The predicted molar refractivity (Wildman–Crippen MR) is 64.3 cm³/mol. The Morgan fingerprint density at radius 1 is 1.59 bits per heavy atom. The van der Waals surface area contributed by atoms with Gasteiger partial charge < -0.3 is 26.6 Å². The van der Waals surface area contributed by atoms with Crippen LogP contribution in [0, 0.1) is 0 Å². The Bertz CT molecular complexity index is 393. The molecule has 0 saturated carbocycles. The van der Waals surface area contributed by atoms with Crippen molar-refractivity contribution in [3.63, 3.8) is 0 Å². The Labute approximate surface area is 99.2 Å². The molecule has 1 aliphatic rings. The summed E-state index contributed by atoms with van der Waals surface area (Å²) >= 11 is 0. The molecule has 0 aliphatic carbocycles. The van der Waals surface area contributed by atoms with Crippen LogP contribution in [0.15, 0.2) is 6.07 Å². The molecular formula is C10H17N5O2. The van der Waals surface area contributed by atoms with Crippen molar-refractivity contribution in [2.75, 3.05) is 29.9 Å². The van der Waals surface area contributed by atoms with Crippen molar-refractivity contribution in [3.8, 4) is 0 Å². The summed E-state index contributed by atoms with van der Waals surface area (Å²) in [6.07, 6.45) is 0.392.